The van der Waals surface area contributed by atoms with Gasteiger partial charge in [-0.3, -0.25) is 4.98 Å². The molecule has 2 heterocycles. The second kappa shape index (κ2) is 5.37. The van der Waals surface area contributed by atoms with Crippen LogP contribution >= 0.6 is 0 Å². The molecule has 20 heavy (non-hydrogen) atoms. The fourth-order valence-corrected chi connectivity index (χ4v) is 2.17. The summed E-state index contributed by atoms with van der Waals surface area (Å²) in [6, 6.07) is 14.2. The number of hydrogen-bond acceptors (Lipinski definition) is 2. The topological polar surface area (TPSA) is 37.9 Å². The molecule has 0 saturated heterocycles. The van der Waals surface area contributed by atoms with Crippen LogP contribution in [0.4, 0.5) is 0 Å². The van der Waals surface area contributed by atoms with Gasteiger partial charge < -0.3 is 9.72 Å². The van der Waals surface area contributed by atoms with Crippen LogP contribution < -0.4 is 4.74 Å². The number of nitrogens with zero attached hydrogens (tertiary/aromatic N) is 1. The number of H-pyrrole nitrogens is 1. The molecular weight excluding hydrogens is 248 g/mol. The number of rotatable bonds is 4. The first-order valence-electron chi connectivity index (χ1n) is 6.88. The lowest BCUT2D eigenvalue weighted by Gasteiger charge is -2.05. The maximum Gasteiger partial charge on any atom is 0.130 e. The third-order valence-electron chi connectivity index (χ3n) is 3.35. The number of pyridine rings is 1. The van der Waals surface area contributed by atoms with Crippen LogP contribution in [0.5, 0.6) is 5.75 Å². The quantitative estimate of drug-likeness (QED) is 0.766. The average molecular weight is 266 g/mol. The Morgan fingerprint density at radius 3 is 2.80 bits per heavy atom. The molecule has 2 aromatic heterocycles. The van der Waals surface area contributed by atoms with Crippen molar-refractivity contribution in [2.45, 2.75) is 26.4 Å². The molecule has 0 spiro atoms. The molecule has 0 aliphatic heterocycles. The minimum absolute atomic E-state index is 0.490. The van der Waals surface area contributed by atoms with Crippen molar-refractivity contribution in [1.29, 1.82) is 0 Å². The van der Waals surface area contributed by atoms with E-state index in [0.29, 0.717) is 12.5 Å². The Bertz CT molecular complexity index is 701. The van der Waals surface area contributed by atoms with Gasteiger partial charge in [0.1, 0.15) is 12.4 Å². The molecule has 0 unspecified atom stereocenters. The van der Waals surface area contributed by atoms with Crippen molar-refractivity contribution in [1.82, 2.24) is 9.97 Å². The number of fused-ring (bicyclic) bond motifs is 1. The molecule has 3 aromatic rings. The van der Waals surface area contributed by atoms with E-state index in [4.69, 9.17) is 4.74 Å². The molecule has 0 fully saturated rings. The molecule has 3 rings (SSSR count). The summed E-state index contributed by atoms with van der Waals surface area (Å²) in [6.07, 6.45) is 1.78. The lowest BCUT2D eigenvalue weighted by atomic mass is 10.1. The Balaban J connectivity index is 1.78. The third kappa shape index (κ3) is 2.67. The molecule has 3 heteroatoms. The third-order valence-corrected chi connectivity index (χ3v) is 3.35. The van der Waals surface area contributed by atoms with Gasteiger partial charge in [-0.2, -0.15) is 0 Å². The summed E-state index contributed by atoms with van der Waals surface area (Å²) < 4.78 is 5.79. The zero-order chi connectivity index (χ0) is 13.9. The predicted molar refractivity (Wildman–Crippen MR) is 81.0 cm³/mol. The maximum absolute atomic E-state index is 5.79. The zero-order valence-corrected chi connectivity index (χ0v) is 11.8. The van der Waals surface area contributed by atoms with Crippen molar-refractivity contribution in [3.8, 4) is 5.75 Å². The first kappa shape index (κ1) is 12.7. The van der Waals surface area contributed by atoms with Gasteiger partial charge in [0.15, 0.2) is 0 Å². The predicted octanol–water partition coefficient (Wildman–Crippen LogP) is 4.27. The number of ether oxygens (including phenoxy) is 1. The Morgan fingerprint density at radius 2 is 2.05 bits per heavy atom. The van der Waals surface area contributed by atoms with Crippen molar-refractivity contribution >= 4 is 10.9 Å². The van der Waals surface area contributed by atoms with Crippen molar-refractivity contribution in [3.05, 3.63) is 60.0 Å². The van der Waals surface area contributed by atoms with Gasteiger partial charge in [-0.15, -0.1) is 0 Å². The molecule has 1 N–H and O–H groups in total. The van der Waals surface area contributed by atoms with E-state index in [1.165, 1.54) is 11.1 Å². The number of benzene rings is 1. The van der Waals surface area contributed by atoms with Crippen molar-refractivity contribution in [3.63, 3.8) is 0 Å². The molecular formula is C17H18N2O. The fourth-order valence-electron chi connectivity index (χ4n) is 2.17. The van der Waals surface area contributed by atoms with Crippen LogP contribution in [0, 0.1) is 0 Å². The van der Waals surface area contributed by atoms with E-state index < -0.39 is 0 Å². The number of aromatic amines is 1. The number of nitrogens with one attached hydrogen (secondary N) is 1. The van der Waals surface area contributed by atoms with Crippen LogP contribution in [0.2, 0.25) is 0 Å². The molecule has 0 radical (unpaired) electrons. The van der Waals surface area contributed by atoms with E-state index >= 15 is 0 Å². The molecule has 3 nitrogen and oxygen atoms in total. The second-order valence-corrected chi connectivity index (χ2v) is 5.24. The van der Waals surface area contributed by atoms with Gasteiger partial charge in [-0.05, 0) is 41.6 Å². The summed E-state index contributed by atoms with van der Waals surface area (Å²) >= 11 is 0. The van der Waals surface area contributed by atoms with Gasteiger partial charge in [0.2, 0.25) is 0 Å². The van der Waals surface area contributed by atoms with E-state index in [2.05, 4.69) is 35.9 Å². The zero-order valence-electron chi connectivity index (χ0n) is 11.8. The summed E-state index contributed by atoms with van der Waals surface area (Å²) in [7, 11) is 0. The minimum atomic E-state index is 0.490. The Morgan fingerprint density at radius 1 is 1.15 bits per heavy atom. The van der Waals surface area contributed by atoms with Gasteiger partial charge in [0, 0.05) is 23.5 Å². The smallest absolute Gasteiger partial charge is 0.130 e. The van der Waals surface area contributed by atoms with Crippen molar-refractivity contribution in [2.24, 2.45) is 0 Å². The van der Waals surface area contributed by atoms with E-state index in [1.54, 1.807) is 6.20 Å². The summed E-state index contributed by atoms with van der Waals surface area (Å²) in [5.74, 6) is 1.36. The Kier molecular flexibility index (Phi) is 3.42. The van der Waals surface area contributed by atoms with Crippen molar-refractivity contribution in [2.75, 3.05) is 0 Å². The van der Waals surface area contributed by atoms with Crippen LogP contribution in [0.15, 0.2) is 48.7 Å². The highest BCUT2D eigenvalue weighted by Crippen LogP contribution is 2.25. The lowest BCUT2D eigenvalue weighted by Crippen LogP contribution is -1.97. The van der Waals surface area contributed by atoms with Gasteiger partial charge in [0.05, 0.1) is 5.69 Å². The number of aromatic nitrogens is 2. The van der Waals surface area contributed by atoms with Crippen LogP contribution in [0.1, 0.15) is 31.2 Å². The normalized spacial score (nSPS) is 11.2. The van der Waals surface area contributed by atoms with Gasteiger partial charge in [0.25, 0.3) is 0 Å². The van der Waals surface area contributed by atoms with Crippen molar-refractivity contribution < 1.29 is 4.74 Å². The molecule has 0 saturated carbocycles. The summed E-state index contributed by atoms with van der Waals surface area (Å²) in [5, 5.41) is 1.22. The van der Waals surface area contributed by atoms with Crippen LogP contribution in [-0.4, -0.2) is 9.97 Å². The van der Waals surface area contributed by atoms with E-state index in [9.17, 15) is 0 Å². The van der Waals surface area contributed by atoms with Gasteiger partial charge in [-0.1, -0.05) is 19.9 Å². The fraction of sp³-hybridized carbons (Fsp3) is 0.235. The molecule has 0 atom stereocenters. The monoisotopic (exact) mass is 266 g/mol. The first-order chi connectivity index (χ1) is 9.72. The van der Waals surface area contributed by atoms with Crippen LogP contribution in [0.25, 0.3) is 10.9 Å². The molecule has 102 valence electrons. The highest BCUT2D eigenvalue weighted by atomic mass is 16.5. The lowest BCUT2D eigenvalue weighted by molar-refractivity contribution is 0.301. The van der Waals surface area contributed by atoms with Gasteiger partial charge >= 0.3 is 0 Å². The average Bonchev–Trinajstić information content (AvgIpc) is 2.89. The van der Waals surface area contributed by atoms with Crippen LogP contribution in [0.3, 0.4) is 0 Å². The highest BCUT2D eigenvalue weighted by Gasteiger charge is 2.05. The van der Waals surface area contributed by atoms with Gasteiger partial charge in [-0.25, -0.2) is 0 Å². The Labute approximate surface area is 118 Å². The standard InChI is InChI=1S/C17H18N2O/c1-12(2)16-9-13-6-7-15(10-17(13)19-16)20-11-14-5-3-4-8-18-14/h3-10,12,19H,11H2,1-2H3. The summed E-state index contributed by atoms with van der Waals surface area (Å²) in [6.45, 7) is 4.86. The SMILES string of the molecule is CC(C)c1cc2ccc(OCc3ccccn3)cc2[nH]1. The molecule has 1 aromatic carbocycles. The van der Waals surface area contributed by atoms with E-state index in [1.807, 2.05) is 30.3 Å². The number of hydrogen-bond donors (Lipinski definition) is 1. The minimum Gasteiger partial charge on any atom is -0.487 e. The molecule has 0 amide bonds. The summed E-state index contributed by atoms with van der Waals surface area (Å²) in [5.41, 5.74) is 3.30. The summed E-state index contributed by atoms with van der Waals surface area (Å²) in [4.78, 5) is 7.69. The maximum atomic E-state index is 5.79. The van der Waals surface area contributed by atoms with E-state index in [-0.39, 0.29) is 0 Å². The highest BCUT2D eigenvalue weighted by molar-refractivity contribution is 5.82. The molecule has 0 aliphatic carbocycles. The Hall–Kier alpha value is -2.29. The van der Waals surface area contributed by atoms with Crippen LogP contribution in [-0.2, 0) is 6.61 Å². The molecule has 0 aliphatic rings. The second-order valence-electron chi connectivity index (χ2n) is 5.24. The first-order valence-corrected chi connectivity index (χ1v) is 6.88. The largest absolute Gasteiger partial charge is 0.487 e. The van der Waals surface area contributed by atoms with E-state index in [0.717, 1.165) is 17.0 Å². The molecule has 0 bridgehead atoms.